The van der Waals surface area contributed by atoms with E-state index in [0.29, 0.717) is 12.0 Å². The molecular weight excluding hydrogens is 204 g/mol. The summed E-state index contributed by atoms with van der Waals surface area (Å²) in [7, 11) is 0. The van der Waals surface area contributed by atoms with Gasteiger partial charge in [-0.1, -0.05) is 12.1 Å². The van der Waals surface area contributed by atoms with Gasteiger partial charge in [-0.2, -0.15) is 0 Å². The summed E-state index contributed by atoms with van der Waals surface area (Å²) in [5.41, 5.74) is 0.798. The Kier molecular flexibility index (Phi) is 4.66. The maximum Gasteiger partial charge on any atom is 0.248 e. The molecule has 0 saturated heterocycles. The van der Waals surface area contributed by atoms with E-state index in [1.54, 1.807) is 37.4 Å². The predicted molar refractivity (Wildman–Crippen MR) is 61.2 cm³/mol. The van der Waals surface area contributed by atoms with Gasteiger partial charge in [0.25, 0.3) is 0 Å². The van der Waals surface area contributed by atoms with Gasteiger partial charge in [0.1, 0.15) is 0 Å². The fourth-order valence-electron chi connectivity index (χ4n) is 1.06. The summed E-state index contributed by atoms with van der Waals surface area (Å²) in [6, 6.07) is 5.32. The van der Waals surface area contributed by atoms with Gasteiger partial charge >= 0.3 is 0 Å². The molecule has 4 nitrogen and oxygen atoms in total. The van der Waals surface area contributed by atoms with Gasteiger partial charge < -0.3 is 5.32 Å². The summed E-state index contributed by atoms with van der Waals surface area (Å²) in [5.74, 6) is -0.336. The molecule has 1 heterocycles. The van der Waals surface area contributed by atoms with Gasteiger partial charge in [-0.05, 0) is 31.2 Å². The normalized spacial score (nSPS) is 11.4. The molecule has 1 aromatic heterocycles. The van der Waals surface area contributed by atoms with E-state index in [2.05, 4.69) is 10.3 Å². The third-order valence-corrected chi connectivity index (χ3v) is 1.70. The van der Waals surface area contributed by atoms with Crippen LogP contribution in [0.1, 0.15) is 12.6 Å². The number of carbonyl (C=O) groups is 2. The highest BCUT2D eigenvalue weighted by atomic mass is 16.2. The maximum atomic E-state index is 11.2. The number of pyridine rings is 1. The minimum atomic E-state index is -0.336. The molecule has 0 unspecified atom stereocenters. The quantitative estimate of drug-likeness (QED) is 0.610. The second-order valence-electron chi connectivity index (χ2n) is 2.96. The first-order valence-corrected chi connectivity index (χ1v) is 4.78. The number of carbonyl (C=O) groups excluding carboxylic acids is 2. The fraction of sp³-hybridized carbons (Fsp3) is 0.0833. The lowest BCUT2D eigenvalue weighted by molar-refractivity contribution is -0.117. The maximum absolute atomic E-state index is 11.2. The van der Waals surface area contributed by atoms with E-state index >= 15 is 0 Å². The van der Waals surface area contributed by atoms with E-state index < -0.39 is 0 Å². The Morgan fingerprint density at radius 3 is 2.81 bits per heavy atom. The van der Waals surface area contributed by atoms with Gasteiger partial charge in [0, 0.05) is 6.20 Å². The summed E-state index contributed by atoms with van der Waals surface area (Å²) in [4.78, 5) is 25.9. The molecule has 0 aliphatic rings. The smallest absolute Gasteiger partial charge is 0.248 e. The highest BCUT2D eigenvalue weighted by Crippen LogP contribution is 1.99. The minimum Gasteiger partial charge on any atom is -0.320 e. The second-order valence-corrected chi connectivity index (χ2v) is 2.96. The number of rotatable bonds is 4. The molecule has 0 aliphatic heterocycles. The Labute approximate surface area is 93.7 Å². The third-order valence-electron chi connectivity index (χ3n) is 1.70. The zero-order valence-electron chi connectivity index (χ0n) is 8.88. The predicted octanol–water partition coefficient (Wildman–Crippen LogP) is 1.31. The largest absolute Gasteiger partial charge is 0.320 e. The monoisotopic (exact) mass is 216 g/mol. The Morgan fingerprint density at radius 1 is 1.44 bits per heavy atom. The van der Waals surface area contributed by atoms with Gasteiger partial charge in [-0.25, -0.2) is 0 Å². The van der Waals surface area contributed by atoms with Crippen LogP contribution in [0.3, 0.4) is 0 Å². The number of nitrogens with zero attached hydrogens (tertiary/aromatic N) is 1. The molecular formula is C12H12N2O2. The third kappa shape index (κ3) is 3.88. The van der Waals surface area contributed by atoms with Crippen molar-refractivity contribution in [1.29, 1.82) is 0 Å². The van der Waals surface area contributed by atoms with Crippen LogP contribution in [0.15, 0.2) is 42.2 Å². The van der Waals surface area contributed by atoms with Gasteiger partial charge in [-0.3, -0.25) is 14.6 Å². The van der Waals surface area contributed by atoms with Gasteiger partial charge in [0.15, 0.2) is 6.29 Å². The lowest BCUT2D eigenvalue weighted by atomic mass is 10.3. The summed E-state index contributed by atoms with van der Waals surface area (Å²) in [6.45, 7) is 1.72. The van der Waals surface area contributed by atoms with Crippen molar-refractivity contribution in [2.45, 2.75) is 6.92 Å². The molecule has 0 saturated carbocycles. The second kappa shape index (κ2) is 6.29. The molecule has 0 atom stereocenters. The molecule has 1 rings (SSSR count). The van der Waals surface area contributed by atoms with E-state index in [-0.39, 0.29) is 11.6 Å². The van der Waals surface area contributed by atoms with Crippen molar-refractivity contribution >= 4 is 18.3 Å². The molecule has 0 aliphatic carbocycles. The van der Waals surface area contributed by atoms with E-state index in [9.17, 15) is 9.59 Å². The summed E-state index contributed by atoms with van der Waals surface area (Å²) in [6.07, 6.45) is 6.64. The van der Waals surface area contributed by atoms with Crippen molar-refractivity contribution in [1.82, 2.24) is 10.3 Å². The van der Waals surface area contributed by atoms with Crippen LogP contribution in [0.25, 0.3) is 6.08 Å². The van der Waals surface area contributed by atoms with Crippen LogP contribution < -0.4 is 5.32 Å². The highest BCUT2D eigenvalue weighted by Gasteiger charge is 2.00. The SMILES string of the molecule is C/C=C/C(=O)NC(C=O)=Cc1ccccn1. The number of aldehydes is 1. The molecule has 82 valence electrons. The van der Waals surface area contributed by atoms with E-state index in [4.69, 9.17) is 0 Å². The number of hydrogen-bond acceptors (Lipinski definition) is 3. The molecule has 0 aromatic carbocycles. The summed E-state index contributed by atoms with van der Waals surface area (Å²) < 4.78 is 0. The molecule has 0 bridgehead atoms. The first kappa shape index (κ1) is 11.8. The topological polar surface area (TPSA) is 59.1 Å². The number of hydrogen-bond donors (Lipinski definition) is 1. The van der Waals surface area contributed by atoms with Gasteiger partial charge in [0.2, 0.25) is 5.91 Å². The number of allylic oxidation sites excluding steroid dienone is 2. The van der Waals surface area contributed by atoms with Crippen molar-refractivity contribution in [3.63, 3.8) is 0 Å². The van der Waals surface area contributed by atoms with Crippen LogP contribution in [-0.4, -0.2) is 17.2 Å². The van der Waals surface area contributed by atoms with Crippen LogP contribution in [0.2, 0.25) is 0 Å². The highest BCUT2D eigenvalue weighted by molar-refractivity contribution is 5.95. The molecule has 1 N–H and O–H groups in total. The molecule has 0 spiro atoms. The van der Waals surface area contributed by atoms with Crippen LogP contribution >= 0.6 is 0 Å². The van der Waals surface area contributed by atoms with Crippen LogP contribution in [-0.2, 0) is 9.59 Å². The lowest BCUT2D eigenvalue weighted by Crippen LogP contribution is -2.20. The standard InChI is InChI=1S/C12H12N2O2/c1-2-5-12(16)14-11(9-15)8-10-6-3-4-7-13-10/h2-9H,1H3,(H,14,16)/b5-2+,11-8?. The van der Waals surface area contributed by atoms with Crippen LogP contribution in [0.5, 0.6) is 0 Å². The molecule has 1 amide bonds. The number of nitrogens with one attached hydrogen (secondary N) is 1. The lowest BCUT2D eigenvalue weighted by Gasteiger charge is -2.00. The van der Waals surface area contributed by atoms with Crippen molar-refractivity contribution in [2.75, 3.05) is 0 Å². The number of amides is 1. The molecule has 0 fully saturated rings. The van der Waals surface area contributed by atoms with Crippen molar-refractivity contribution < 1.29 is 9.59 Å². The van der Waals surface area contributed by atoms with E-state index in [1.807, 2.05) is 0 Å². The first-order chi connectivity index (χ1) is 7.76. The van der Waals surface area contributed by atoms with Gasteiger partial charge in [-0.15, -0.1) is 0 Å². The van der Waals surface area contributed by atoms with Crippen molar-refractivity contribution in [2.24, 2.45) is 0 Å². The molecule has 16 heavy (non-hydrogen) atoms. The van der Waals surface area contributed by atoms with Crippen molar-refractivity contribution in [3.05, 3.63) is 47.9 Å². The first-order valence-electron chi connectivity index (χ1n) is 4.78. The van der Waals surface area contributed by atoms with E-state index in [0.717, 1.165) is 0 Å². The summed E-state index contributed by atoms with van der Waals surface area (Å²) in [5, 5.41) is 2.44. The summed E-state index contributed by atoms with van der Waals surface area (Å²) >= 11 is 0. The van der Waals surface area contributed by atoms with Gasteiger partial charge in [0.05, 0.1) is 11.4 Å². The Morgan fingerprint density at radius 2 is 2.25 bits per heavy atom. The zero-order chi connectivity index (χ0) is 11.8. The Hall–Kier alpha value is -2.23. The van der Waals surface area contributed by atoms with Crippen LogP contribution in [0, 0.1) is 0 Å². The van der Waals surface area contributed by atoms with Crippen molar-refractivity contribution in [3.8, 4) is 0 Å². The van der Waals surface area contributed by atoms with Crippen LogP contribution in [0.4, 0.5) is 0 Å². The average Bonchev–Trinajstić information content (AvgIpc) is 2.30. The molecule has 0 radical (unpaired) electrons. The average molecular weight is 216 g/mol. The Balaban J connectivity index is 2.79. The van der Waals surface area contributed by atoms with E-state index in [1.165, 1.54) is 12.2 Å². The molecule has 4 heteroatoms. The molecule has 1 aromatic rings. The fourth-order valence-corrected chi connectivity index (χ4v) is 1.06. The number of aromatic nitrogens is 1. The zero-order valence-corrected chi connectivity index (χ0v) is 8.88. The Bertz CT molecular complexity index is 422. The minimum absolute atomic E-state index is 0.182.